The van der Waals surface area contributed by atoms with Crippen LogP contribution in [-0.2, 0) is 24.0 Å². The number of aliphatic hydroxyl groups is 1. The van der Waals surface area contributed by atoms with Gasteiger partial charge in [-0.1, -0.05) is 0 Å². The molecule has 0 aromatic carbocycles. The second-order valence-corrected chi connectivity index (χ2v) is 6.36. The maximum Gasteiger partial charge on any atom is 0.325 e. The Bertz CT molecular complexity index is 600. The third kappa shape index (κ3) is 10.4. The lowest BCUT2D eigenvalue weighted by molar-refractivity contribution is -0.141. The van der Waals surface area contributed by atoms with E-state index in [0.29, 0.717) is 19.4 Å². The van der Waals surface area contributed by atoms with Gasteiger partial charge >= 0.3 is 11.9 Å². The molecule has 4 unspecified atom stereocenters. The standard InChI is InChI=1S/C16H29N5O8/c1-8(16(28)29)19-14(26)10(4-2-3-5-17)20-15(27)11(7-22)21-13(25)9(18)6-12(23)24/h8-11,22H,2-7,17-18H2,1H3,(H,19,26)(H,20,27)(H,21,25)(H,23,24)(H,28,29). The number of hydrogen-bond acceptors (Lipinski definition) is 8. The highest BCUT2D eigenvalue weighted by molar-refractivity contribution is 5.94. The quantitative estimate of drug-likeness (QED) is 0.129. The predicted octanol–water partition coefficient (Wildman–Crippen LogP) is -3.53. The van der Waals surface area contributed by atoms with E-state index in [1.54, 1.807) is 0 Å². The number of amides is 3. The van der Waals surface area contributed by atoms with Crippen molar-refractivity contribution in [3.8, 4) is 0 Å². The van der Waals surface area contributed by atoms with Crippen LogP contribution in [0.4, 0.5) is 0 Å². The molecule has 0 heterocycles. The summed E-state index contributed by atoms with van der Waals surface area (Å²) in [5.41, 5.74) is 10.8. The highest BCUT2D eigenvalue weighted by Gasteiger charge is 2.29. The fourth-order valence-corrected chi connectivity index (χ4v) is 2.16. The Hall–Kier alpha value is -2.77. The van der Waals surface area contributed by atoms with Gasteiger partial charge in [-0.05, 0) is 32.7 Å². The monoisotopic (exact) mass is 419 g/mol. The highest BCUT2D eigenvalue weighted by atomic mass is 16.4. The zero-order valence-corrected chi connectivity index (χ0v) is 16.1. The molecule has 0 aromatic rings. The molecule has 0 fully saturated rings. The number of carbonyl (C=O) groups excluding carboxylic acids is 3. The lowest BCUT2D eigenvalue weighted by atomic mass is 10.1. The van der Waals surface area contributed by atoms with Crippen LogP contribution in [0.5, 0.6) is 0 Å². The number of unbranched alkanes of at least 4 members (excludes halogenated alkanes) is 1. The maximum atomic E-state index is 12.4. The minimum Gasteiger partial charge on any atom is -0.481 e. The van der Waals surface area contributed by atoms with Gasteiger partial charge in [-0.15, -0.1) is 0 Å². The number of carboxylic acid groups (broad SMARTS) is 2. The van der Waals surface area contributed by atoms with Crippen molar-refractivity contribution >= 4 is 29.7 Å². The number of nitrogens with two attached hydrogens (primary N) is 2. The van der Waals surface area contributed by atoms with Crippen LogP contribution in [0.25, 0.3) is 0 Å². The smallest absolute Gasteiger partial charge is 0.325 e. The van der Waals surface area contributed by atoms with Crippen molar-refractivity contribution in [1.29, 1.82) is 0 Å². The van der Waals surface area contributed by atoms with Crippen LogP contribution in [0.1, 0.15) is 32.6 Å². The summed E-state index contributed by atoms with van der Waals surface area (Å²) in [5.74, 6) is -5.22. The van der Waals surface area contributed by atoms with Gasteiger partial charge in [0, 0.05) is 0 Å². The Morgan fingerprint density at radius 1 is 0.897 bits per heavy atom. The number of carbonyl (C=O) groups is 5. The summed E-state index contributed by atoms with van der Waals surface area (Å²) < 4.78 is 0. The van der Waals surface area contributed by atoms with Crippen molar-refractivity contribution in [2.75, 3.05) is 13.2 Å². The second-order valence-electron chi connectivity index (χ2n) is 6.36. The molecular formula is C16H29N5O8. The van der Waals surface area contributed by atoms with Crippen LogP contribution >= 0.6 is 0 Å². The first-order valence-electron chi connectivity index (χ1n) is 8.95. The van der Waals surface area contributed by atoms with Crippen molar-refractivity contribution in [3.05, 3.63) is 0 Å². The molecule has 10 N–H and O–H groups in total. The minimum atomic E-state index is -1.48. The van der Waals surface area contributed by atoms with E-state index >= 15 is 0 Å². The van der Waals surface area contributed by atoms with E-state index < -0.39 is 66.9 Å². The number of hydrogen-bond donors (Lipinski definition) is 8. The van der Waals surface area contributed by atoms with E-state index in [1.165, 1.54) is 6.92 Å². The number of aliphatic hydroxyl groups excluding tert-OH is 1. The van der Waals surface area contributed by atoms with E-state index in [0.717, 1.165) is 0 Å². The van der Waals surface area contributed by atoms with E-state index in [9.17, 15) is 29.1 Å². The van der Waals surface area contributed by atoms with Gasteiger partial charge in [-0.25, -0.2) is 0 Å². The average molecular weight is 419 g/mol. The van der Waals surface area contributed by atoms with Gasteiger partial charge in [0.05, 0.1) is 19.1 Å². The molecule has 4 atom stereocenters. The lowest BCUT2D eigenvalue weighted by Crippen LogP contribution is -2.58. The molecule has 0 rings (SSSR count). The minimum absolute atomic E-state index is 0.145. The fourth-order valence-electron chi connectivity index (χ4n) is 2.16. The zero-order chi connectivity index (χ0) is 22.6. The Kier molecular flexibility index (Phi) is 12.1. The van der Waals surface area contributed by atoms with E-state index in [-0.39, 0.29) is 6.42 Å². The normalized spacial score (nSPS) is 14.8. The van der Waals surface area contributed by atoms with Crippen LogP contribution < -0.4 is 27.4 Å². The Labute approximate surface area is 167 Å². The van der Waals surface area contributed by atoms with Gasteiger partial charge in [0.25, 0.3) is 0 Å². The number of aliphatic carboxylic acids is 2. The van der Waals surface area contributed by atoms with Crippen LogP contribution in [-0.4, -0.2) is 82.3 Å². The summed E-state index contributed by atoms with van der Waals surface area (Å²) in [6, 6.07) is -5.24. The van der Waals surface area contributed by atoms with Crippen LogP contribution in [0.2, 0.25) is 0 Å². The first kappa shape index (κ1) is 26.2. The molecule has 0 saturated carbocycles. The number of rotatable bonds is 14. The van der Waals surface area contributed by atoms with Gasteiger partial charge in [0.15, 0.2) is 0 Å². The zero-order valence-electron chi connectivity index (χ0n) is 16.1. The Balaban J connectivity index is 5.08. The number of nitrogens with one attached hydrogen (secondary N) is 3. The van der Waals surface area contributed by atoms with Gasteiger partial charge in [0.2, 0.25) is 17.7 Å². The van der Waals surface area contributed by atoms with Gasteiger partial charge in [-0.3, -0.25) is 24.0 Å². The van der Waals surface area contributed by atoms with Gasteiger partial charge in [-0.2, -0.15) is 0 Å². The van der Waals surface area contributed by atoms with Crippen LogP contribution in [0.3, 0.4) is 0 Å². The van der Waals surface area contributed by atoms with E-state index in [4.69, 9.17) is 21.7 Å². The molecule has 0 aliphatic carbocycles. The third-order valence-corrected chi connectivity index (χ3v) is 3.86. The molecule has 0 saturated heterocycles. The van der Waals surface area contributed by atoms with E-state index in [2.05, 4.69) is 16.0 Å². The number of carboxylic acids is 2. The molecule has 13 nitrogen and oxygen atoms in total. The molecule has 29 heavy (non-hydrogen) atoms. The topological polar surface area (TPSA) is 234 Å². The first-order valence-corrected chi connectivity index (χ1v) is 8.95. The molecule has 0 aromatic heterocycles. The summed E-state index contributed by atoms with van der Waals surface area (Å²) in [7, 11) is 0. The third-order valence-electron chi connectivity index (χ3n) is 3.86. The van der Waals surface area contributed by atoms with Gasteiger partial charge < -0.3 is 42.7 Å². The van der Waals surface area contributed by atoms with Gasteiger partial charge in [0.1, 0.15) is 18.1 Å². The van der Waals surface area contributed by atoms with Crippen molar-refractivity contribution in [1.82, 2.24) is 16.0 Å². The molecule has 0 aliphatic heterocycles. The predicted molar refractivity (Wildman–Crippen MR) is 99.3 cm³/mol. The molecule has 0 aliphatic rings. The second kappa shape index (κ2) is 13.4. The SMILES string of the molecule is CC(NC(=O)C(CCCCN)NC(=O)C(CO)NC(=O)C(N)CC(=O)O)C(=O)O. The molecule has 166 valence electrons. The van der Waals surface area contributed by atoms with Crippen molar-refractivity contribution < 1.29 is 39.3 Å². The summed E-state index contributed by atoms with van der Waals surface area (Å²) in [6.07, 6.45) is 0.475. The lowest BCUT2D eigenvalue weighted by Gasteiger charge is -2.23. The summed E-state index contributed by atoms with van der Waals surface area (Å²) in [5, 5.41) is 33.6. The molecule has 0 bridgehead atoms. The highest BCUT2D eigenvalue weighted by Crippen LogP contribution is 2.03. The molecular weight excluding hydrogens is 390 g/mol. The van der Waals surface area contributed by atoms with Crippen molar-refractivity contribution in [3.63, 3.8) is 0 Å². The summed E-state index contributed by atoms with van der Waals surface area (Å²) in [4.78, 5) is 58.0. The fraction of sp³-hybridized carbons (Fsp3) is 0.688. The van der Waals surface area contributed by atoms with Crippen LogP contribution in [0.15, 0.2) is 0 Å². The summed E-state index contributed by atoms with van der Waals surface area (Å²) in [6.45, 7) is 0.768. The Morgan fingerprint density at radius 2 is 1.45 bits per heavy atom. The Morgan fingerprint density at radius 3 is 1.93 bits per heavy atom. The summed E-state index contributed by atoms with van der Waals surface area (Å²) >= 11 is 0. The van der Waals surface area contributed by atoms with Crippen molar-refractivity contribution in [2.24, 2.45) is 11.5 Å². The molecule has 3 amide bonds. The van der Waals surface area contributed by atoms with Crippen molar-refractivity contribution in [2.45, 2.75) is 56.8 Å². The molecule has 0 radical (unpaired) electrons. The average Bonchev–Trinajstić information content (AvgIpc) is 2.64. The largest absolute Gasteiger partial charge is 0.481 e. The molecule has 0 spiro atoms. The van der Waals surface area contributed by atoms with E-state index in [1.807, 2.05) is 0 Å². The molecule has 13 heteroatoms. The maximum absolute atomic E-state index is 12.4. The first-order chi connectivity index (χ1) is 13.5. The van der Waals surface area contributed by atoms with Crippen LogP contribution in [0, 0.1) is 0 Å².